The summed E-state index contributed by atoms with van der Waals surface area (Å²) in [6.07, 6.45) is -0.590. The van der Waals surface area contributed by atoms with Gasteiger partial charge >= 0.3 is 12.1 Å². The van der Waals surface area contributed by atoms with Gasteiger partial charge in [0.1, 0.15) is 11.6 Å². The maximum absolute atomic E-state index is 12.2. The minimum absolute atomic E-state index is 0.236. The Morgan fingerprint density at radius 1 is 1.29 bits per heavy atom. The molecule has 1 fully saturated rings. The van der Waals surface area contributed by atoms with Crippen LogP contribution in [0.15, 0.2) is 24.3 Å². The van der Waals surface area contributed by atoms with E-state index in [9.17, 15) is 14.7 Å². The van der Waals surface area contributed by atoms with Gasteiger partial charge in [0, 0.05) is 31.2 Å². The van der Waals surface area contributed by atoms with Crippen molar-refractivity contribution in [1.29, 1.82) is 0 Å². The van der Waals surface area contributed by atoms with Crippen LogP contribution >= 0.6 is 11.6 Å². The van der Waals surface area contributed by atoms with Crippen LogP contribution in [0, 0.1) is 0 Å². The first-order chi connectivity index (χ1) is 11.2. The highest BCUT2D eigenvalue weighted by Gasteiger charge is 2.37. The molecule has 0 unspecified atom stereocenters. The number of carboxylic acids is 1. The number of carbonyl (C=O) groups excluding carboxylic acids is 1. The summed E-state index contributed by atoms with van der Waals surface area (Å²) in [5.41, 5.74) is 0.281. The molecule has 1 aromatic rings. The van der Waals surface area contributed by atoms with Crippen LogP contribution < -0.4 is 0 Å². The average Bonchev–Trinajstić information content (AvgIpc) is 2.47. The van der Waals surface area contributed by atoms with Crippen molar-refractivity contribution in [2.45, 2.75) is 39.0 Å². The average molecular weight is 355 g/mol. The van der Waals surface area contributed by atoms with E-state index in [2.05, 4.69) is 0 Å². The highest BCUT2D eigenvalue weighted by atomic mass is 35.5. The molecule has 1 aliphatic rings. The second-order valence-corrected chi connectivity index (χ2v) is 7.26. The Morgan fingerprint density at radius 3 is 2.54 bits per heavy atom. The predicted octanol–water partition coefficient (Wildman–Crippen LogP) is 2.85. The molecule has 0 bridgehead atoms. The lowest BCUT2D eigenvalue weighted by Gasteiger charge is -2.39. The van der Waals surface area contributed by atoms with Crippen molar-refractivity contribution in [3.63, 3.8) is 0 Å². The molecule has 2 rings (SSSR count). The molecule has 0 radical (unpaired) electrons. The molecule has 1 amide bonds. The molecule has 1 atom stereocenters. The van der Waals surface area contributed by atoms with E-state index in [1.807, 2.05) is 29.2 Å². The third-order valence-electron chi connectivity index (χ3n) is 3.73. The molecule has 0 aliphatic carbocycles. The number of carboxylic acid groups (broad SMARTS) is 1. The molecule has 0 aromatic heterocycles. The monoisotopic (exact) mass is 354 g/mol. The van der Waals surface area contributed by atoms with Crippen LogP contribution in [0.2, 0.25) is 5.02 Å². The van der Waals surface area contributed by atoms with Crippen LogP contribution in [-0.4, -0.2) is 58.2 Å². The zero-order valence-corrected chi connectivity index (χ0v) is 14.9. The van der Waals surface area contributed by atoms with Gasteiger partial charge in [-0.3, -0.25) is 9.80 Å². The number of benzene rings is 1. The summed E-state index contributed by atoms with van der Waals surface area (Å²) in [4.78, 5) is 27.1. The van der Waals surface area contributed by atoms with Crippen molar-refractivity contribution < 1.29 is 19.4 Å². The van der Waals surface area contributed by atoms with Crippen molar-refractivity contribution in [3.05, 3.63) is 34.9 Å². The fraction of sp³-hybridized carbons (Fsp3) is 0.529. The molecule has 1 aliphatic heterocycles. The second-order valence-electron chi connectivity index (χ2n) is 6.85. The van der Waals surface area contributed by atoms with E-state index in [-0.39, 0.29) is 6.54 Å². The Kier molecular flexibility index (Phi) is 5.72. The van der Waals surface area contributed by atoms with Crippen LogP contribution in [0.1, 0.15) is 26.3 Å². The molecule has 0 saturated carbocycles. The first-order valence-electron chi connectivity index (χ1n) is 7.85. The SMILES string of the molecule is CC(C)(C)OC(=O)N1CCN(Cc2ccccc2Cl)C[C@@H]1C(=O)O. The first kappa shape index (κ1) is 18.5. The number of piperazine rings is 1. The van der Waals surface area contributed by atoms with E-state index < -0.39 is 23.7 Å². The van der Waals surface area contributed by atoms with Crippen molar-refractivity contribution in [2.24, 2.45) is 0 Å². The molecule has 6 nitrogen and oxygen atoms in total. The number of hydrogen-bond acceptors (Lipinski definition) is 4. The Hall–Kier alpha value is -1.79. The minimum Gasteiger partial charge on any atom is -0.480 e. The van der Waals surface area contributed by atoms with Crippen LogP contribution in [0.3, 0.4) is 0 Å². The third-order valence-corrected chi connectivity index (χ3v) is 4.10. The number of rotatable bonds is 3. The van der Waals surface area contributed by atoms with Gasteiger partial charge in [0.05, 0.1) is 0 Å². The minimum atomic E-state index is -1.04. The van der Waals surface area contributed by atoms with Gasteiger partial charge in [-0.05, 0) is 32.4 Å². The summed E-state index contributed by atoms with van der Waals surface area (Å²) >= 11 is 6.17. The van der Waals surface area contributed by atoms with Gasteiger partial charge in [-0.1, -0.05) is 29.8 Å². The van der Waals surface area contributed by atoms with Gasteiger partial charge < -0.3 is 9.84 Å². The Balaban J connectivity index is 2.06. The number of hydrogen-bond donors (Lipinski definition) is 1. The molecular formula is C17H23ClN2O4. The van der Waals surface area contributed by atoms with Crippen LogP contribution in [0.4, 0.5) is 4.79 Å². The summed E-state index contributed by atoms with van der Waals surface area (Å²) in [5.74, 6) is -1.04. The lowest BCUT2D eigenvalue weighted by Crippen LogP contribution is -2.58. The lowest BCUT2D eigenvalue weighted by atomic mass is 10.1. The van der Waals surface area contributed by atoms with E-state index >= 15 is 0 Å². The van der Waals surface area contributed by atoms with Crippen molar-refractivity contribution in [2.75, 3.05) is 19.6 Å². The number of amides is 1. The molecule has 0 spiro atoms. The van der Waals surface area contributed by atoms with Crippen LogP contribution in [0.25, 0.3) is 0 Å². The normalized spacial score (nSPS) is 19.2. The third kappa shape index (κ3) is 4.85. The van der Waals surface area contributed by atoms with Crippen LogP contribution in [0.5, 0.6) is 0 Å². The lowest BCUT2D eigenvalue weighted by molar-refractivity contribution is -0.145. The first-order valence-corrected chi connectivity index (χ1v) is 8.23. The maximum Gasteiger partial charge on any atom is 0.411 e. The molecule has 7 heteroatoms. The quantitative estimate of drug-likeness (QED) is 0.903. The Labute approximate surface area is 146 Å². The van der Waals surface area contributed by atoms with E-state index in [4.69, 9.17) is 16.3 Å². The molecule has 1 saturated heterocycles. The van der Waals surface area contributed by atoms with Crippen molar-refractivity contribution in [1.82, 2.24) is 9.80 Å². The van der Waals surface area contributed by atoms with Gasteiger partial charge in [-0.25, -0.2) is 9.59 Å². The molecule has 1 heterocycles. The predicted molar refractivity (Wildman–Crippen MR) is 91.1 cm³/mol. The van der Waals surface area contributed by atoms with E-state index in [1.165, 1.54) is 4.90 Å². The molecule has 1 aromatic carbocycles. The van der Waals surface area contributed by atoms with Gasteiger partial charge in [0.15, 0.2) is 0 Å². The zero-order chi connectivity index (χ0) is 17.9. The summed E-state index contributed by atoms with van der Waals surface area (Å²) in [6, 6.07) is 6.54. The summed E-state index contributed by atoms with van der Waals surface area (Å²) < 4.78 is 5.31. The smallest absolute Gasteiger partial charge is 0.411 e. The Morgan fingerprint density at radius 2 is 1.96 bits per heavy atom. The maximum atomic E-state index is 12.2. The molecular weight excluding hydrogens is 332 g/mol. The number of nitrogens with zero attached hydrogens (tertiary/aromatic N) is 2. The van der Waals surface area contributed by atoms with Gasteiger partial charge in [-0.15, -0.1) is 0 Å². The highest BCUT2D eigenvalue weighted by Crippen LogP contribution is 2.21. The van der Waals surface area contributed by atoms with E-state index in [0.29, 0.717) is 24.7 Å². The summed E-state index contributed by atoms with van der Waals surface area (Å²) in [6.45, 7) is 6.92. The van der Waals surface area contributed by atoms with E-state index in [0.717, 1.165) is 5.56 Å². The number of carbonyl (C=O) groups is 2. The summed E-state index contributed by atoms with van der Waals surface area (Å²) in [7, 11) is 0. The fourth-order valence-electron chi connectivity index (χ4n) is 2.60. The number of halogens is 1. The Bertz CT molecular complexity index is 615. The van der Waals surface area contributed by atoms with Gasteiger partial charge in [-0.2, -0.15) is 0 Å². The largest absolute Gasteiger partial charge is 0.480 e. The molecule has 132 valence electrons. The molecule has 1 N–H and O–H groups in total. The van der Waals surface area contributed by atoms with Crippen molar-refractivity contribution in [3.8, 4) is 0 Å². The second kappa shape index (κ2) is 7.40. The number of aliphatic carboxylic acids is 1. The van der Waals surface area contributed by atoms with Gasteiger partial charge in [0.25, 0.3) is 0 Å². The van der Waals surface area contributed by atoms with E-state index in [1.54, 1.807) is 20.8 Å². The summed E-state index contributed by atoms with van der Waals surface area (Å²) in [5, 5.41) is 10.1. The highest BCUT2D eigenvalue weighted by molar-refractivity contribution is 6.31. The van der Waals surface area contributed by atoms with Crippen LogP contribution in [-0.2, 0) is 16.1 Å². The standard InChI is InChI=1S/C17H23ClN2O4/c1-17(2,3)24-16(23)20-9-8-19(11-14(20)15(21)22)10-12-6-4-5-7-13(12)18/h4-7,14H,8-11H2,1-3H3,(H,21,22)/t14-/m1/s1. The van der Waals surface area contributed by atoms with Crippen molar-refractivity contribution >= 4 is 23.7 Å². The fourth-order valence-corrected chi connectivity index (χ4v) is 2.80. The molecule has 24 heavy (non-hydrogen) atoms. The topological polar surface area (TPSA) is 70.1 Å². The zero-order valence-electron chi connectivity index (χ0n) is 14.2. The van der Waals surface area contributed by atoms with Gasteiger partial charge in [0.2, 0.25) is 0 Å². The number of ether oxygens (including phenoxy) is 1.